The second kappa shape index (κ2) is 4.39. The lowest BCUT2D eigenvalue weighted by molar-refractivity contribution is 1.41. The first-order valence-corrected chi connectivity index (χ1v) is 4.62. The van der Waals surface area contributed by atoms with Gasteiger partial charge >= 0.3 is 0 Å². The Morgan fingerprint density at radius 1 is 0.600 bits per heavy atom. The van der Waals surface area contributed by atoms with E-state index in [2.05, 4.69) is 0 Å². The molecule has 0 fully saturated rings. The minimum Gasteiger partial charge on any atom is -0.192 e. The molecule has 0 radical (unpaired) electrons. The quantitative estimate of drug-likeness (QED) is 0.669. The first-order chi connectivity index (χ1) is 7.08. The Kier molecular flexibility index (Phi) is 3.40. The van der Waals surface area contributed by atoms with Crippen LogP contribution in [0.1, 0.15) is 16.7 Å². The van der Waals surface area contributed by atoms with Gasteiger partial charge in [0.05, 0.1) is 31.8 Å². The first-order valence-electron chi connectivity index (χ1n) is 3.49. The van der Waals surface area contributed by atoms with E-state index >= 15 is 0 Å². The van der Waals surface area contributed by atoms with Gasteiger partial charge in [0.25, 0.3) is 0 Å². The average Bonchev–Trinajstić information content (AvgIpc) is 2.23. The maximum absolute atomic E-state index is 8.77. The van der Waals surface area contributed by atoms with Crippen LogP contribution >= 0.6 is 34.8 Å². The molecular weight excluding hydrogens is 256 g/mol. The van der Waals surface area contributed by atoms with Crippen LogP contribution in [0.2, 0.25) is 15.1 Å². The Balaban J connectivity index is 3.88. The summed E-state index contributed by atoms with van der Waals surface area (Å²) in [6.07, 6.45) is 0. The van der Waals surface area contributed by atoms with Gasteiger partial charge in [0.15, 0.2) is 0 Å². The van der Waals surface area contributed by atoms with Gasteiger partial charge in [0.2, 0.25) is 0 Å². The van der Waals surface area contributed by atoms with Crippen molar-refractivity contribution in [2.75, 3.05) is 0 Å². The van der Waals surface area contributed by atoms with Crippen LogP contribution in [-0.2, 0) is 0 Å². The lowest BCUT2D eigenvalue weighted by Gasteiger charge is -2.05. The summed E-state index contributed by atoms with van der Waals surface area (Å²) in [4.78, 5) is 0. The second-order valence-electron chi connectivity index (χ2n) is 2.40. The van der Waals surface area contributed by atoms with Gasteiger partial charge in [-0.25, -0.2) is 0 Å². The molecule has 0 saturated carbocycles. The molecule has 3 nitrogen and oxygen atoms in total. The third kappa shape index (κ3) is 1.72. The zero-order valence-corrected chi connectivity index (χ0v) is 9.24. The van der Waals surface area contributed by atoms with Crippen molar-refractivity contribution in [3.63, 3.8) is 0 Å². The number of rotatable bonds is 0. The average molecular weight is 256 g/mol. The lowest BCUT2D eigenvalue weighted by atomic mass is 10.1. The van der Waals surface area contributed by atoms with E-state index in [0.717, 1.165) is 0 Å². The fourth-order valence-corrected chi connectivity index (χ4v) is 1.75. The van der Waals surface area contributed by atoms with Crippen LogP contribution < -0.4 is 0 Å². The molecule has 72 valence electrons. The Morgan fingerprint density at radius 3 is 1.33 bits per heavy atom. The minimum atomic E-state index is -0.147. The molecule has 0 atom stereocenters. The number of nitrogens with zero attached hydrogens (tertiary/aromatic N) is 3. The molecule has 0 N–H and O–H groups in total. The van der Waals surface area contributed by atoms with Gasteiger partial charge in [-0.1, -0.05) is 34.8 Å². The highest BCUT2D eigenvalue weighted by Gasteiger charge is 2.20. The molecule has 0 aliphatic carbocycles. The molecule has 0 aliphatic heterocycles. The second-order valence-corrected chi connectivity index (χ2v) is 3.54. The van der Waals surface area contributed by atoms with Crippen LogP contribution in [-0.4, -0.2) is 0 Å². The molecule has 6 heteroatoms. The molecule has 0 aromatic heterocycles. The van der Waals surface area contributed by atoms with Gasteiger partial charge in [-0.05, 0) is 0 Å². The molecule has 0 amide bonds. The zero-order valence-electron chi connectivity index (χ0n) is 6.98. The third-order valence-electron chi connectivity index (χ3n) is 1.66. The summed E-state index contributed by atoms with van der Waals surface area (Å²) in [6, 6.07) is 5.15. The summed E-state index contributed by atoms with van der Waals surface area (Å²) < 4.78 is 0. The molecule has 0 unspecified atom stereocenters. The fraction of sp³-hybridized carbons (Fsp3) is 0. The van der Waals surface area contributed by atoms with Gasteiger partial charge < -0.3 is 0 Å². The summed E-state index contributed by atoms with van der Waals surface area (Å²) in [6.45, 7) is 0. The van der Waals surface area contributed by atoms with Crippen LogP contribution in [0.4, 0.5) is 0 Å². The molecule has 0 saturated heterocycles. The molecule has 15 heavy (non-hydrogen) atoms. The lowest BCUT2D eigenvalue weighted by Crippen LogP contribution is -1.93. The van der Waals surface area contributed by atoms with Crippen LogP contribution in [0.15, 0.2) is 0 Å². The van der Waals surface area contributed by atoms with Crippen molar-refractivity contribution in [1.29, 1.82) is 15.8 Å². The van der Waals surface area contributed by atoms with Gasteiger partial charge in [-0.15, -0.1) is 0 Å². The zero-order chi connectivity index (χ0) is 11.6. The number of hydrogen-bond acceptors (Lipinski definition) is 3. The van der Waals surface area contributed by atoms with E-state index in [4.69, 9.17) is 50.6 Å². The number of nitriles is 3. The summed E-state index contributed by atoms with van der Waals surface area (Å²) in [5, 5.41) is 25.9. The molecule has 1 aromatic carbocycles. The largest absolute Gasteiger partial charge is 0.192 e. The van der Waals surface area contributed by atoms with E-state index in [1.165, 1.54) is 0 Å². The van der Waals surface area contributed by atoms with Crippen LogP contribution in [0.3, 0.4) is 0 Å². The highest BCUT2D eigenvalue weighted by atomic mass is 35.5. The van der Waals surface area contributed by atoms with E-state index < -0.39 is 0 Å². The molecule has 0 spiro atoms. The Morgan fingerprint density at radius 2 is 0.933 bits per heavy atom. The maximum Gasteiger partial charge on any atom is 0.102 e. The van der Waals surface area contributed by atoms with Crippen molar-refractivity contribution in [3.8, 4) is 18.2 Å². The number of benzene rings is 1. The van der Waals surface area contributed by atoms with E-state index in [9.17, 15) is 0 Å². The van der Waals surface area contributed by atoms with E-state index in [1.807, 2.05) is 0 Å². The molecule has 1 aromatic rings. The smallest absolute Gasteiger partial charge is 0.102 e. The molecule has 0 aliphatic rings. The van der Waals surface area contributed by atoms with Gasteiger partial charge in [0, 0.05) is 0 Å². The Bertz CT molecular complexity index is 558. The Labute approximate surface area is 101 Å². The van der Waals surface area contributed by atoms with E-state index in [1.54, 1.807) is 18.2 Å². The molecular formula is C9Cl3N3. The van der Waals surface area contributed by atoms with Gasteiger partial charge in [-0.2, -0.15) is 15.8 Å². The minimum absolute atomic E-state index is 0.0983. The van der Waals surface area contributed by atoms with Crippen molar-refractivity contribution in [1.82, 2.24) is 0 Å². The van der Waals surface area contributed by atoms with Crippen molar-refractivity contribution in [3.05, 3.63) is 31.8 Å². The summed E-state index contributed by atoms with van der Waals surface area (Å²) in [5.74, 6) is 0. The predicted molar refractivity (Wildman–Crippen MR) is 55.6 cm³/mol. The maximum atomic E-state index is 8.77. The normalized spacial score (nSPS) is 8.80. The van der Waals surface area contributed by atoms with Crippen LogP contribution in [0.25, 0.3) is 0 Å². The van der Waals surface area contributed by atoms with Crippen molar-refractivity contribution in [2.24, 2.45) is 0 Å². The van der Waals surface area contributed by atoms with Crippen molar-refractivity contribution >= 4 is 34.8 Å². The van der Waals surface area contributed by atoms with E-state index in [-0.39, 0.29) is 31.8 Å². The van der Waals surface area contributed by atoms with Crippen molar-refractivity contribution in [2.45, 2.75) is 0 Å². The van der Waals surface area contributed by atoms with Crippen LogP contribution in [0, 0.1) is 34.0 Å². The summed E-state index contributed by atoms with van der Waals surface area (Å²) in [5.41, 5.74) is -0.350. The van der Waals surface area contributed by atoms with Crippen molar-refractivity contribution < 1.29 is 0 Å². The fourth-order valence-electron chi connectivity index (χ4n) is 0.968. The molecule has 1 rings (SSSR count). The highest BCUT2D eigenvalue weighted by Crippen LogP contribution is 2.37. The topological polar surface area (TPSA) is 71.4 Å². The molecule has 0 bridgehead atoms. The summed E-state index contributed by atoms with van der Waals surface area (Å²) in [7, 11) is 0. The number of halogens is 3. The predicted octanol–water partition coefficient (Wildman–Crippen LogP) is 3.26. The van der Waals surface area contributed by atoms with Crippen LogP contribution in [0.5, 0.6) is 0 Å². The molecule has 0 heterocycles. The Hall–Kier alpha value is -1.44. The summed E-state index contributed by atoms with van der Waals surface area (Å²) >= 11 is 17.2. The highest BCUT2D eigenvalue weighted by molar-refractivity contribution is 6.45. The monoisotopic (exact) mass is 255 g/mol. The first kappa shape index (κ1) is 11.6. The third-order valence-corrected chi connectivity index (χ3v) is 2.89. The SMILES string of the molecule is N#Cc1c(Cl)c(Cl)c(C#N)c(C#N)c1Cl. The van der Waals surface area contributed by atoms with E-state index in [0.29, 0.717) is 0 Å². The number of hydrogen-bond donors (Lipinski definition) is 0. The van der Waals surface area contributed by atoms with Gasteiger partial charge in [0.1, 0.15) is 18.2 Å². The van der Waals surface area contributed by atoms with Gasteiger partial charge in [-0.3, -0.25) is 0 Å². The standard InChI is InChI=1S/C9Cl3N3/c10-7-4(1-13)5(2-14)8(11)9(12)6(7)3-15.